The molecule has 0 fully saturated rings. The van der Waals surface area contributed by atoms with Gasteiger partial charge in [-0.25, -0.2) is 0 Å². The molecule has 0 aromatic rings. The lowest BCUT2D eigenvalue weighted by molar-refractivity contribution is -0.311. The van der Waals surface area contributed by atoms with E-state index >= 15 is 0 Å². The van der Waals surface area contributed by atoms with Crippen molar-refractivity contribution < 1.29 is 15.0 Å². The maximum atomic E-state index is 11.1. The molecule has 0 radical (unpaired) electrons. The molecule has 1 unspecified atom stereocenters. The summed E-state index contributed by atoms with van der Waals surface area (Å²) in [6.07, 6.45) is 26.7. The number of carboxylic acids is 1. The summed E-state index contributed by atoms with van der Waals surface area (Å²) in [6, 6.07) is 0. The highest BCUT2D eigenvalue weighted by Crippen LogP contribution is 2.31. The van der Waals surface area contributed by atoms with E-state index in [1.54, 1.807) is 6.92 Å². The standard InChI is InChI=1S/C40H80O3/c1-10-11-12-13-14-15-16-17-18-19-20-21-22-23-39(41)37(8)29-35(6)27-33(4)25-31(2)24-32(3)26-34(5)28-36(7)30-38(9)40(42)43/h31-39,41H,10-30H2,1-9H3,(H,42,43)/p-1/t31-,32+,33-,34+,35-,36+,37-,38+,39?/m1/s1. The highest BCUT2D eigenvalue weighted by atomic mass is 16.4. The maximum Gasteiger partial charge on any atom is 0.0565 e. The topological polar surface area (TPSA) is 60.4 Å². The highest BCUT2D eigenvalue weighted by Gasteiger charge is 2.21. The third-order valence-electron chi connectivity index (χ3n) is 10.2. The van der Waals surface area contributed by atoms with Crippen LogP contribution in [0.4, 0.5) is 0 Å². The van der Waals surface area contributed by atoms with Crippen molar-refractivity contribution in [3.63, 3.8) is 0 Å². The largest absolute Gasteiger partial charge is 0.550 e. The Bertz CT molecular complexity index is 633. The van der Waals surface area contributed by atoms with Crippen LogP contribution in [-0.2, 0) is 4.79 Å². The van der Waals surface area contributed by atoms with Crippen LogP contribution in [0.1, 0.15) is 197 Å². The summed E-state index contributed by atoms with van der Waals surface area (Å²) in [5.41, 5.74) is 0. The first kappa shape index (κ1) is 42.4. The molecule has 0 saturated carbocycles. The van der Waals surface area contributed by atoms with Crippen molar-refractivity contribution >= 4 is 5.97 Å². The van der Waals surface area contributed by atoms with Crippen LogP contribution in [0.5, 0.6) is 0 Å². The fourth-order valence-electron chi connectivity index (χ4n) is 8.16. The van der Waals surface area contributed by atoms with Crippen LogP contribution in [-0.4, -0.2) is 17.2 Å². The third-order valence-corrected chi connectivity index (χ3v) is 10.2. The predicted octanol–water partition coefficient (Wildman–Crippen LogP) is 11.4. The summed E-state index contributed by atoms with van der Waals surface area (Å²) in [4.78, 5) is 11.1. The molecule has 0 aliphatic rings. The lowest BCUT2D eigenvalue weighted by Gasteiger charge is -2.27. The fourth-order valence-corrected chi connectivity index (χ4v) is 8.16. The average molecular weight is 608 g/mol. The van der Waals surface area contributed by atoms with E-state index in [0.29, 0.717) is 29.6 Å². The SMILES string of the molecule is CCCCCCCCCCCCCCCC(O)[C@H](C)C[C@H](C)C[C@H](C)C[C@H](C)C[C@H](C)C[C@H](C)C[C@H](C)C[C@H](C)C(=O)[O-]. The van der Waals surface area contributed by atoms with Gasteiger partial charge in [-0.1, -0.05) is 146 Å². The van der Waals surface area contributed by atoms with Gasteiger partial charge in [-0.15, -0.1) is 0 Å². The van der Waals surface area contributed by atoms with E-state index in [4.69, 9.17) is 0 Å². The Balaban J connectivity index is 3.99. The Labute approximate surface area is 271 Å². The number of hydrogen-bond donors (Lipinski definition) is 1. The predicted molar refractivity (Wildman–Crippen MR) is 187 cm³/mol. The lowest BCUT2D eigenvalue weighted by atomic mass is 9.80. The molecular formula is C40H79O3-. The number of carboxylic acid groups (broad SMARTS) is 1. The zero-order valence-electron chi connectivity index (χ0n) is 30.8. The molecule has 258 valence electrons. The van der Waals surface area contributed by atoms with Crippen LogP contribution < -0.4 is 5.11 Å². The number of aliphatic carboxylic acids is 1. The summed E-state index contributed by atoms with van der Waals surface area (Å²) >= 11 is 0. The summed E-state index contributed by atoms with van der Waals surface area (Å²) in [5.74, 6) is 3.04. The molecule has 0 aromatic carbocycles. The van der Waals surface area contributed by atoms with Gasteiger partial charge >= 0.3 is 0 Å². The van der Waals surface area contributed by atoms with E-state index in [9.17, 15) is 15.0 Å². The normalized spacial score (nSPS) is 18.4. The van der Waals surface area contributed by atoms with Gasteiger partial charge in [0.15, 0.2) is 0 Å². The minimum atomic E-state index is -0.916. The summed E-state index contributed by atoms with van der Waals surface area (Å²) in [6.45, 7) is 20.5. The Morgan fingerprint density at radius 1 is 0.488 bits per heavy atom. The van der Waals surface area contributed by atoms with Gasteiger partial charge in [0.1, 0.15) is 0 Å². The summed E-state index contributed by atoms with van der Waals surface area (Å²) in [5, 5.41) is 21.8. The third kappa shape index (κ3) is 25.3. The van der Waals surface area contributed by atoms with Crippen LogP contribution in [0.15, 0.2) is 0 Å². The van der Waals surface area contributed by atoms with Gasteiger partial charge in [-0.3, -0.25) is 0 Å². The molecule has 43 heavy (non-hydrogen) atoms. The minimum absolute atomic E-state index is 0.140. The van der Waals surface area contributed by atoms with Crippen molar-refractivity contribution in [1.82, 2.24) is 0 Å². The van der Waals surface area contributed by atoms with Gasteiger partial charge in [0, 0.05) is 5.97 Å². The molecular weight excluding hydrogens is 528 g/mol. The molecule has 0 amide bonds. The average Bonchev–Trinajstić information content (AvgIpc) is 2.90. The second kappa shape index (κ2) is 26.6. The molecule has 0 spiro atoms. The summed E-state index contributed by atoms with van der Waals surface area (Å²) in [7, 11) is 0. The smallest absolute Gasteiger partial charge is 0.0565 e. The van der Waals surface area contributed by atoms with Crippen LogP contribution in [0, 0.1) is 47.3 Å². The van der Waals surface area contributed by atoms with Gasteiger partial charge in [0.25, 0.3) is 0 Å². The molecule has 0 aliphatic carbocycles. The monoisotopic (exact) mass is 608 g/mol. The number of carbonyl (C=O) groups is 1. The maximum absolute atomic E-state index is 11.1. The molecule has 0 bridgehead atoms. The van der Waals surface area contributed by atoms with Crippen molar-refractivity contribution in [1.29, 1.82) is 0 Å². The zero-order valence-corrected chi connectivity index (χ0v) is 30.8. The second-order valence-electron chi connectivity index (χ2n) is 16.1. The van der Waals surface area contributed by atoms with Crippen molar-refractivity contribution in [2.45, 2.75) is 203 Å². The minimum Gasteiger partial charge on any atom is -0.550 e. The van der Waals surface area contributed by atoms with Crippen molar-refractivity contribution in [3.05, 3.63) is 0 Å². The molecule has 9 atom stereocenters. The number of carbonyl (C=O) groups excluding carboxylic acids is 1. The molecule has 0 heterocycles. The Morgan fingerprint density at radius 3 is 1.14 bits per heavy atom. The van der Waals surface area contributed by atoms with Crippen molar-refractivity contribution in [2.75, 3.05) is 0 Å². The Morgan fingerprint density at radius 2 is 0.791 bits per heavy atom. The number of rotatable bonds is 30. The molecule has 1 N–H and O–H groups in total. The molecule has 3 nitrogen and oxygen atoms in total. The molecule has 0 aromatic heterocycles. The van der Waals surface area contributed by atoms with Gasteiger partial charge < -0.3 is 15.0 Å². The van der Waals surface area contributed by atoms with E-state index in [0.717, 1.165) is 37.5 Å². The number of hydrogen-bond acceptors (Lipinski definition) is 3. The summed E-state index contributed by atoms with van der Waals surface area (Å²) < 4.78 is 0. The number of aliphatic hydroxyl groups is 1. The first-order valence-corrected chi connectivity index (χ1v) is 19.2. The van der Waals surface area contributed by atoms with E-state index in [-0.39, 0.29) is 12.0 Å². The van der Waals surface area contributed by atoms with Crippen molar-refractivity contribution in [2.24, 2.45) is 47.3 Å². The lowest BCUT2D eigenvalue weighted by Crippen LogP contribution is -2.30. The van der Waals surface area contributed by atoms with E-state index in [1.807, 2.05) is 0 Å². The molecule has 3 heteroatoms. The second-order valence-corrected chi connectivity index (χ2v) is 16.1. The van der Waals surface area contributed by atoms with E-state index in [1.165, 1.54) is 109 Å². The number of unbranched alkanes of at least 4 members (excludes halogenated alkanes) is 12. The van der Waals surface area contributed by atoms with Crippen LogP contribution in [0.3, 0.4) is 0 Å². The molecule has 0 saturated heterocycles. The zero-order chi connectivity index (χ0) is 32.6. The first-order valence-electron chi connectivity index (χ1n) is 19.2. The Hall–Kier alpha value is -0.570. The van der Waals surface area contributed by atoms with Gasteiger partial charge in [-0.05, 0) is 98.7 Å². The van der Waals surface area contributed by atoms with Gasteiger partial charge in [-0.2, -0.15) is 0 Å². The number of aliphatic hydroxyl groups excluding tert-OH is 1. The van der Waals surface area contributed by atoms with Gasteiger partial charge in [0.05, 0.1) is 6.10 Å². The fraction of sp³-hybridized carbons (Fsp3) is 0.975. The van der Waals surface area contributed by atoms with E-state index in [2.05, 4.69) is 55.4 Å². The molecule has 0 aliphatic heterocycles. The van der Waals surface area contributed by atoms with Crippen molar-refractivity contribution in [3.8, 4) is 0 Å². The quantitative estimate of drug-likeness (QED) is 0.0826. The van der Waals surface area contributed by atoms with Crippen LogP contribution >= 0.6 is 0 Å². The molecule has 0 rings (SSSR count). The Kier molecular flexibility index (Phi) is 26.3. The van der Waals surface area contributed by atoms with E-state index < -0.39 is 5.97 Å². The highest BCUT2D eigenvalue weighted by molar-refractivity contribution is 5.66. The van der Waals surface area contributed by atoms with Gasteiger partial charge in [0.2, 0.25) is 0 Å². The van der Waals surface area contributed by atoms with Crippen LogP contribution in [0.25, 0.3) is 0 Å². The van der Waals surface area contributed by atoms with Crippen LogP contribution in [0.2, 0.25) is 0 Å². The first-order chi connectivity index (χ1) is 20.3.